The number of fused-ring (bicyclic) bond motifs is 2. The molecule has 0 bridgehead atoms. The minimum Gasteiger partial charge on any atom is -0.384 e. The maximum atomic E-state index is 15.4. The smallest absolute Gasteiger partial charge is 0.384 e. The van der Waals surface area contributed by atoms with E-state index in [0.717, 1.165) is 0 Å². The highest BCUT2D eigenvalue weighted by atomic mass is 31.3. The van der Waals surface area contributed by atoms with Crippen LogP contribution in [0.25, 0.3) is 11.2 Å². The molecule has 2 heterocycles. The van der Waals surface area contributed by atoms with Crippen LogP contribution in [-0.2, 0) is 26.8 Å². The van der Waals surface area contributed by atoms with E-state index in [-0.39, 0.29) is 22.9 Å². The van der Waals surface area contributed by atoms with Crippen LogP contribution in [-0.4, -0.2) is 62.1 Å². The fourth-order valence-electron chi connectivity index (χ4n) is 4.34. The van der Waals surface area contributed by atoms with Gasteiger partial charge in [0.15, 0.2) is 17.6 Å². The van der Waals surface area contributed by atoms with Crippen LogP contribution in [0.2, 0.25) is 0 Å². The highest BCUT2D eigenvalue weighted by molar-refractivity contribution is 7.66. The molecule has 8 atom stereocenters. The van der Waals surface area contributed by atoms with Crippen molar-refractivity contribution in [1.29, 1.82) is 0 Å². The van der Waals surface area contributed by atoms with Crippen LogP contribution in [0.3, 0.4) is 0 Å². The molecule has 2 fully saturated rings. The summed E-state index contributed by atoms with van der Waals surface area (Å²) in [5.74, 6) is -2.10. The van der Waals surface area contributed by atoms with E-state index in [4.69, 9.17) is 21.3 Å². The van der Waals surface area contributed by atoms with Crippen molar-refractivity contribution >= 4 is 46.4 Å². The number of hydrogen-bond acceptors (Lipinski definition) is 12. The molecule has 2 aromatic rings. The largest absolute Gasteiger partial charge is 0.490 e. The average molecular weight is 534 g/mol. The maximum absolute atomic E-state index is 15.4. The van der Waals surface area contributed by atoms with E-state index < -0.39 is 59.2 Å². The Morgan fingerprint density at radius 3 is 2.30 bits per heavy atom. The molecule has 0 amide bonds. The first-order valence-electron chi connectivity index (χ1n) is 8.91. The number of imidazole rings is 1. The minimum absolute atomic E-state index is 0.0493. The topological polar surface area (TPSA) is 276 Å². The zero-order valence-corrected chi connectivity index (χ0v) is 19.0. The van der Waals surface area contributed by atoms with Crippen molar-refractivity contribution in [2.75, 3.05) is 11.5 Å². The fraction of sp³-hybridized carbons (Fsp3) is 0.583. The quantitative estimate of drug-likeness (QED) is 0.222. The summed E-state index contributed by atoms with van der Waals surface area (Å²) < 4.78 is 62.8. The van der Waals surface area contributed by atoms with Crippen LogP contribution in [0.5, 0.6) is 0 Å². The molecule has 2 aliphatic carbocycles. The van der Waals surface area contributed by atoms with Gasteiger partial charge in [0, 0.05) is 5.92 Å². The summed E-state index contributed by atoms with van der Waals surface area (Å²) in [4.78, 5) is 47.8. The number of alkyl halides is 1. The summed E-state index contributed by atoms with van der Waals surface area (Å²) in [7, 11) is -16.9. The summed E-state index contributed by atoms with van der Waals surface area (Å²) in [6.07, 6.45) is -2.55. The zero-order valence-electron chi connectivity index (χ0n) is 16.3. The second-order valence-electron chi connectivity index (χ2n) is 7.57. The third kappa shape index (κ3) is 4.22. The Morgan fingerprint density at radius 1 is 1.12 bits per heavy atom. The van der Waals surface area contributed by atoms with Crippen LogP contribution >= 0.6 is 23.5 Å². The van der Waals surface area contributed by atoms with Gasteiger partial charge in [0.2, 0.25) is 5.95 Å². The summed E-state index contributed by atoms with van der Waals surface area (Å²) in [6, 6.07) is -1.08. The van der Waals surface area contributed by atoms with E-state index >= 15 is 4.39 Å². The molecule has 0 saturated heterocycles. The van der Waals surface area contributed by atoms with Gasteiger partial charge in [-0.25, -0.2) is 23.1 Å². The highest BCUT2D eigenvalue weighted by Gasteiger charge is 2.80. The second kappa shape index (κ2) is 7.47. The Morgan fingerprint density at radius 2 is 1.76 bits per heavy atom. The van der Waals surface area contributed by atoms with Gasteiger partial charge in [-0.1, -0.05) is 6.92 Å². The molecule has 4 rings (SSSR count). The summed E-state index contributed by atoms with van der Waals surface area (Å²) in [6.45, 7) is 1.50. The number of phosphoric acid groups is 3. The molecule has 184 valence electrons. The lowest BCUT2D eigenvalue weighted by atomic mass is 9.98. The lowest BCUT2D eigenvalue weighted by Crippen LogP contribution is -2.35. The molecule has 9 N–H and O–H groups in total. The molecule has 2 aliphatic rings. The van der Waals surface area contributed by atoms with E-state index in [2.05, 4.69) is 28.1 Å². The molecule has 3 unspecified atom stereocenters. The van der Waals surface area contributed by atoms with Gasteiger partial charge in [-0.15, -0.1) is 0 Å². The van der Waals surface area contributed by atoms with Crippen LogP contribution in [0.1, 0.15) is 13.0 Å². The van der Waals surface area contributed by atoms with Gasteiger partial charge < -0.3 is 40.7 Å². The molecule has 0 aromatic carbocycles. The average Bonchev–Trinajstić information content (AvgIpc) is 2.87. The molecule has 33 heavy (non-hydrogen) atoms. The first-order chi connectivity index (χ1) is 15.0. The van der Waals surface area contributed by atoms with E-state index in [1.54, 1.807) is 0 Å². The number of aliphatic hydroxyl groups is 1. The summed E-state index contributed by atoms with van der Waals surface area (Å²) in [5, 5.41) is 10.8. The van der Waals surface area contributed by atoms with Gasteiger partial charge in [-0.3, -0.25) is 4.52 Å². The first-order valence-corrected chi connectivity index (χ1v) is 13.4. The predicted molar refractivity (Wildman–Crippen MR) is 104 cm³/mol. The van der Waals surface area contributed by atoms with Crippen molar-refractivity contribution in [1.82, 2.24) is 19.5 Å². The first kappa shape index (κ1) is 24.6. The number of anilines is 2. The monoisotopic (exact) mass is 534 g/mol. The van der Waals surface area contributed by atoms with Gasteiger partial charge in [0.25, 0.3) is 0 Å². The minimum atomic E-state index is -5.76. The molecule has 0 spiro atoms. The predicted octanol–water partition coefficient (Wildman–Crippen LogP) is -0.408. The number of hydrogen-bond donors (Lipinski definition) is 7. The lowest BCUT2D eigenvalue weighted by molar-refractivity contribution is 0.00130. The molecule has 21 heteroatoms. The van der Waals surface area contributed by atoms with Gasteiger partial charge >= 0.3 is 23.5 Å². The number of aromatic nitrogens is 4. The Kier molecular flexibility index (Phi) is 5.56. The molecular weight excluding hydrogens is 516 g/mol. The van der Waals surface area contributed by atoms with Crippen LogP contribution in [0.15, 0.2) is 6.33 Å². The number of rotatable bonds is 7. The third-order valence-corrected chi connectivity index (χ3v) is 9.32. The third-order valence-electron chi connectivity index (χ3n) is 5.50. The Labute approximate surface area is 183 Å². The Bertz CT molecular complexity index is 1270. The second-order valence-corrected chi connectivity index (χ2v) is 11.9. The lowest BCUT2D eigenvalue weighted by Gasteiger charge is -2.27. The normalized spacial score (nSPS) is 35.2. The number of nitrogens with two attached hydrogens (primary N) is 2. The van der Waals surface area contributed by atoms with Gasteiger partial charge in [-0.2, -0.15) is 18.6 Å². The molecule has 2 saturated carbocycles. The van der Waals surface area contributed by atoms with Crippen LogP contribution in [0, 0.1) is 11.8 Å². The van der Waals surface area contributed by atoms with Gasteiger partial charge in [0.05, 0.1) is 12.4 Å². The van der Waals surface area contributed by atoms with E-state index in [1.165, 1.54) is 17.8 Å². The Hall–Kier alpha value is -1.55. The molecular formula is C12H18FN6O11P3. The van der Waals surface area contributed by atoms with Crippen molar-refractivity contribution < 1.29 is 55.9 Å². The van der Waals surface area contributed by atoms with Gasteiger partial charge in [-0.05, 0) is 5.92 Å². The van der Waals surface area contributed by atoms with E-state index in [1.807, 2.05) is 0 Å². The Balaban J connectivity index is 1.55. The molecule has 0 aliphatic heterocycles. The summed E-state index contributed by atoms with van der Waals surface area (Å²) >= 11 is 0. The molecule has 2 aromatic heterocycles. The van der Waals surface area contributed by atoms with Crippen molar-refractivity contribution in [3.05, 3.63) is 6.33 Å². The van der Waals surface area contributed by atoms with Crippen molar-refractivity contribution in [3.63, 3.8) is 0 Å². The number of nitrogen functional groups attached to an aromatic ring is 2. The van der Waals surface area contributed by atoms with Crippen LogP contribution in [0.4, 0.5) is 16.2 Å². The van der Waals surface area contributed by atoms with E-state index in [0.29, 0.717) is 0 Å². The maximum Gasteiger partial charge on any atom is 0.490 e. The summed E-state index contributed by atoms with van der Waals surface area (Å²) in [5.41, 5.74) is 9.24. The van der Waals surface area contributed by atoms with Crippen molar-refractivity contribution in [3.8, 4) is 0 Å². The SMILES string of the molecule is C[C@@H]1[C@@H](n2cnc3c(N)nc(N)nc32)[C@@H](F)[C@@]2(O)C(OP(=O)(O)OP(=O)(O)OP(=O)(O)O)[C@@H]12. The zero-order chi connectivity index (χ0) is 24.7. The highest BCUT2D eigenvalue weighted by Crippen LogP contribution is 2.72. The number of phosphoric ester groups is 1. The number of halogens is 1. The standard InChI is InChI=1S/C12H18FN6O11P3/c1-3-4-8(28-32(24,25)30-33(26,27)29-31(21,22)23)12(4,20)7(13)6(3)19-2-16-5-9(14)17-11(15)18-10(5)19/h2-4,6-8,20H,1H3,(H,24,25)(H,26,27)(H2,21,22,23)(H4,14,15,17,18)/t3-,4+,6+,7+,8?,12+/m0/s1. The molecule has 0 radical (unpaired) electrons. The number of nitrogens with zero attached hydrogens (tertiary/aromatic N) is 4. The van der Waals surface area contributed by atoms with Crippen molar-refractivity contribution in [2.24, 2.45) is 11.8 Å². The molecule has 17 nitrogen and oxygen atoms in total. The fourth-order valence-corrected chi connectivity index (χ4v) is 7.59. The van der Waals surface area contributed by atoms with Gasteiger partial charge in [0.1, 0.15) is 17.2 Å². The van der Waals surface area contributed by atoms with E-state index in [9.17, 15) is 28.6 Å². The van der Waals surface area contributed by atoms with Crippen LogP contribution < -0.4 is 11.5 Å². The van der Waals surface area contributed by atoms with Crippen molar-refractivity contribution in [2.45, 2.75) is 30.8 Å².